The van der Waals surface area contributed by atoms with Gasteiger partial charge in [0.25, 0.3) is 0 Å². The number of nitrogens with zero attached hydrogens (tertiary/aromatic N) is 1. The summed E-state index contributed by atoms with van der Waals surface area (Å²) in [6.45, 7) is 1.76. The van der Waals surface area contributed by atoms with Gasteiger partial charge in [-0.3, -0.25) is 0 Å². The number of hydrogen-bond acceptors (Lipinski definition) is 5. The Morgan fingerprint density at radius 2 is 2.12 bits per heavy atom. The lowest BCUT2D eigenvalue weighted by Gasteiger charge is -2.06. The third-order valence-electron chi connectivity index (χ3n) is 1.89. The Morgan fingerprint density at radius 1 is 1.35 bits per heavy atom. The zero-order valence-corrected chi connectivity index (χ0v) is 9.59. The van der Waals surface area contributed by atoms with Crippen molar-refractivity contribution in [3.63, 3.8) is 0 Å². The first-order valence-electron chi connectivity index (χ1n) is 5.13. The molecule has 0 aliphatic rings. The van der Waals surface area contributed by atoms with Crippen molar-refractivity contribution in [3.05, 3.63) is 23.9 Å². The van der Waals surface area contributed by atoms with Gasteiger partial charge in [-0.05, 0) is 6.07 Å². The Kier molecular flexibility index (Phi) is 5.98. The third-order valence-corrected chi connectivity index (χ3v) is 1.89. The minimum absolute atomic E-state index is 0.148. The van der Waals surface area contributed by atoms with Crippen LogP contribution in [0.1, 0.15) is 10.4 Å². The van der Waals surface area contributed by atoms with Crippen LogP contribution in [0, 0.1) is 0 Å². The number of carboxylic acids is 1. The highest BCUT2D eigenvalue weighted by molar-refractivity contribution is 5.87. The topological polar surface area (TPSA) is 77.9 Å². The number of pyridine rings is 1. The quantitative estimate of drug-likeness (QED) is 0.679. The highest BCUT2D eigenvalue weighted by atomic mass is 16.5. The van der Waals surface area contributed by atoms with Crippen molar-refractivity contribution in [3.8, 4) is 5.88 Å². The van der Waals surface area contributed by atoms with Crippen LogP contribution in [-0.2, 0) is 9.47 Å². The number of aromatic carboxylic acids is 1. The first-order chi connectivity index (χ1) is 8.24. The van der Waals surface area contributed by atoms with Gasteiger partial charge in [0.1, 0.15) is 6.61 Å². The van der Waals surface area contributed by atoms with Crippen molar-refractivity contribution in [1.29, 1.82) is 0 Å². The van der Waals surface area contributed by atoms with E-state index in [1.807, 2.05) is 0 Å². The summed E-state index contributed by atoms with van der Waals surface area (Å²) in [5, 5.41) is 8.76. The third kappa shape index (κ3) is 5.28. The number of carboxylic acid groups (broad SMARTS) is 1. The molecule has 1 rings (SSSR count). The fourth-order valence-corrected chi connectivity index (χ4v) is 1.07. The summed E-state index contributed by atoms with van der Waals surface area (Å²) < 4.78 is 15.2. The summed E-state index contributed by atoms with van der Waals surface area (Å²) in [7, 11) is 1.60. The first kappa shape index (κ1) is 13.4. The zero-order chi connectivity index (χ0) is 12.5. The van der Waals surface area contributed by atoms with Crippen LogP contribution < -0.4 is 4.74 Å². The smallest absolute Gasteiger partial charge is 0.335 e. The van der Waals surface area contributed by atoms with Gasteiger partial charge in [0, 0.05) is 19.4 Å². The fourth-order valence-electron chi connectivity index (χ4n) is 1.07. The van der Waals surface area contributed by atoms with Crippen LogP contribution in [0.3, 0.4) is 0 Å². The molecule has 0 aliphatic heterocycles. The van der Waals surface area contributed by atoms with Gasteiger partial charge in [-0.1, -0.05) is 0 Å². The van der Waals surface area contributed by atoms with Gasteiger partial charge in [-0.25, -0.2) is 9.78 Å². The molecule has 0 bridgehead atoms. The molecule has 0 fully saturated rings. The van der Waals surface area contributed by atoms with Crippen LogP contribution in [0.25, 0.3) is 0 Å². The second-order valence-corrected chi connectivity index (χ2v) is 3.14. The lowest BCUT2D eigenvalue weighted by molar-refractivity contribution is 0.0536. The van der Waals surface area contributed by atoms with Gasteiger partial charge in [0.05, 0.1) is 25.4 Å². The second-order valence-electron chi connectivity index (χ2n) is 3.14. The maximum absolute atomic E-state index is 10.7. The van der Waals surface area contributed by atoms with E-state index in [4.69, 9.17) is 19.3 Å². The van der Waals surface area contributed by atoms with Crippen LogP contribution in [0.4, 0.5) is 0 Å². The van der Waals surface area contributed by atoms with Crippen LogP contribution >= 0.6 is 0 Å². The predicted molar refractivity (Wildman–Crippen MR) is 59.4 cm³/mol. The minimum atomic E-state index is -1.01. The molecule has 6 heteroatoms. The van der Waals surface area contributed by atoms with E-state index in [1.165, 1.54) is 18.3 Å². The number of aromatic nitrogens is 1. The van der Waals surface area contributed by atoms with E-state index in [-0.39, 0.29) is 11.4 Å². The van der Waals surface area contributed by atoms with Gasteiger partial charge >= 0.3 is 5.97 Å². The molecule has 1 heterocycles. The molecular weight excluding hydrogens is 226 g/mol. The predicted octanol–water partition coefficient (Wildman–Crippen LogP) is 0.822. The maximum Gasteiger partial charge on any atom is 0.335 e. The van der Waals surface area contributed by atoms with Crippen LogP contribution in [0.2, 0.25) is 0 Å². The Labute approximate surface area is 99.1 Å². The van der Waals surface area contributed by atoms with Gasteiger partial charge in [-0.15, -0.1) is 0 Å². The van der Waals surface area contributed by atoms with Crippen molar-refractivity contribution in [2.75, 3.05) is 33.5 Å². The van der Waals surface area contributed by atoms with E-state index in [9.17, 15) is 4.79 Å². The van der Waals surface area contributed by atoms with Gasteiger partial charge in [0.15, 0.2) is 0 Å². The molecule has 0 saturated carbocycles. The van der Waals surface area contributed by atoms with E-state index < -0.39 is 5.97 Å². The van der Waals surface area contributed by atoms with Crippen molar-refractivity contribution in [1.82, 2.24) is 4.98 Å². The maximum atomic E-state index is 10.7. The first-order valence-corrected chi connectivity index (χ1v) is 5.13. The Morgan fingerprint density at radius 3 is 2.82 bits per heavy atom. The molecule has 0 radical (unpaired) electrons. The molecule has 17 heavy (non-hydrogen) atoms. The molecular formula is C11H15NO5. The molecule has 1 aromatic heterocycles. The molecule has 0 atom stereocenters. The van der Waals surface area contributed by atoms with E-state index in [2.05, 4.69) is 4.98 Å². The molecule has 1 N–H and O–H groups in total. The van der Waals surface area contributed by atoms with Gasteiger partial charge < -0.3 is 19.3 Å². The average molecular weight is 241 g/mol. The molecule has 0 aliphatic carbocycles. The largest absolute Gasteiger partial charge is 0.478 e. The van der Waals surface area contributed by atoms with Gasteiger partial charge in [0.2, 0.25) is 5.88 Å². The van der Waals surface area contributed by atoms with E-state index >= 15 is 0 Å². The number of methoxy groups -OCH3 is 1. The molecule has 94 valence electrons. The van der Waals surface area contributed by atoms with Crippen LogP contribution in [-0.4, -0.2) is 49.6 Å². The standard InChI is InChI=1S/C11H15NO5/c1-15-4-5-16-6-7-17-10-8-9(11(13)14)2-3-12-10/h2-3,8H,4-7H2,1H3,(H,13,14). The summed E-state index contributed by atoms with van der Waals surface area (Å²) in [6, 6.07) is 2.78. The molecule has 0 spiro atoms. The minimum Gasteiger partial charge on any atom is -0.478 e. The summed E-state index contributed by atoms with van der Waals surface area (Å²) >= 11 is 0. The highest BCUT2D eigenvalue weighted by Gasteiger charge is 2.04. The SMILES string of the molecule is COCCOCCOc1cc(C(=O)O)ccn1. The number of rotatable bonds is 8. The lowest BCUT2D eigenvalue weighted by atomic mass is 10.3. The zero-order valence-electron chi connectivity index (χ0n) is 9.59. The Bertz CT molecular complexity index is 355. The van der Waals surface area contributed by atoms with Crippen LogP contribution in [0.15, 0.2) is 18.3 Å². The fraction of sp³-hybridized carbons (Fsp3) is 0.455. The van der Waals surface area contributed by atoms with Crippen LogP contribution in [0.5, 0.6) is 5.88 Å². The number of hydrogen-bond donors (Lipinski definition) is 1. The number of carbonyl (C=O) groups is 1. The summed E-state index contributed by atoms with van der Waals surface area (Å²) in [5.41, 5.74) is 0.148. The molecule has 6 nitrogen and oxygen atoms in total. The van der Waals surface area contributed by atoms with E-state index in [0.29, 0.717) is 26.4 Å². The van der Waals surface area contributed by atoms with Gasteiger partial charge in [-0.2, -0.15) is 0 Å². The highest BCUT2D eigenvalue weighted by Crippen LogP contribution is 2.08. The molecule has 0 aromatic carbocycles. The second kappa shape index (κ2) is 7.59. The van der Waals surface area contributed by atoms with E-state index in [0.717, 1.165) is 0 Å². The molecule has 0 unspecified atom stereocenters. The summed E-state index contributed by atoms with van der Waals surface area (Å²) in [6.07, 6.45) is 1.39. The lowest BCUT2D eigenvalue weighted by Crippen LogP contribution is -2.10. The van der Waals surface area contributed by atoms with Crippen molar-refractivity contribution in [2.24, 2.45) is 0 Å². The Hall–Kier alpha value is -1.66. The van der Waals surface area contributed by atoms with E-state index in [1.54, 1.807) is 7.11 Å². The Balaban J connectivity index is 2.27. The molecule has 0 amide bonds. The summed E-state index contributed by atoms with van der Waals surface area (Å²) in [5.74, 6) is -0.728. The summed E-state index contributed by atoms with van der Waals surface area (Å²) in [4.78, 5) is 14.6. The normalized spacial score (nSPS) is 10.2. The molecule has 1 aromatic rings. The number of ether oxygens (including phenoxy) is 3. The van der Waals surface area contributed by atoms with Crippen molar-refractivity contribution >= 4 is 5.97 Å². The van der Waals surface area contributed by atoms with Crippen molar-refractivity contribution < 1.29 is 24.1 Å². The monoisotopic (exact) mass is 241 g/mol. The average Bonchev–Trinajstić information content (AvgIpc) is 2.34. The van der Waals surface area contributed by atoms with Crippen molar-refractivity contribution in [2.45, 2.75) is 0 Å². The molecule has 0 saturated heterocycles.